The van der Waals surface area contributed by atoms with Crippen LogP contribution in [0.5, 0.6) is 0 Å². The van der Waals surface area contributed by atoms with Crippen LogP contribution in [0.25, 0.3) is 0 Å². The molecular formula is C16H21N3O3. The van der Waals surface area contributed by atoms with E-state index in [1.165, 1.54) is 0 Å². The van der Waals surface area contributed by atoms with E-state index >= 15 is 0 Å². The molecule has 0 aliphatic heterocycles. The highest BCUT2D eigenvalue weighted by Gasteiger charge is 2.22. The van der Waals surface area contributed by atoms with Gasteiger partial charge in [-0.25, -0.2) is 9.78 Å². The molecule has 0 spiro atoms. The van der Waals surface area contributed by atoms with Gasteiger partial charge in [0.1, 0.15) is 12.4 Å². The first-order chi connectivity index (χ1) is 10.6. The van der Waals surface area contributed by atoms with Crippen LogP contribution >= 0.6 is 0 Å². The molecule has 1 atom stereocenters. The Morgan fingerprint density at radius 2 is 2.09 bits per heavy atom. The van der Waals surface area contributed by atoms with Gasteiger partial charge in [-0.3, -0.25) is 0 Å². The first-order valence-electron chi connectivity index (χ1n) is 7.22. The number of aromatic amines is 1. The van der Waals surface area contributed by atoms with Gasteiger partial charge in [-0.1, -0.05) is 44.2 Å². The Hall–Kier alpha value is -2.34. The maximum Gasteiger partial charge on any atom is 0.408 e. The molecule has 0 saturated heterocycles. The molecule has 0 bridgehead atoms. The van der Waals surface area contributed by atoms with Crippen molar-refractivity contribution < 1.29 is 14.6 Å². The minimum atomic E-state index is -0.496. The molecule has 1 amide bonds. The lowest BCUT2D eigenvalue weighted by Crippen LogP contribution is -2.33. The normalized spacial score (nSPS) is 12.2. The fourth-order valence-corrected chi connectivity index (χ4v) is 2.06. The van der Waals surface area contributed by atoms with Crippen LogP contribution in [-0.4, -0.2) is 21.2 Å². The van der Waals surface area contributed by atoms with Crippen LogP contribution in [0.1, 0.15) is 37.0 Å². The van der Waals surface area contributed by atoms with Gasteiger partial charge in [-0.15, -0.1) is 0 Å². The Morgan fingerprint density at radius 3 is 2.68 bits per heavy atom. The van der Waals surface area contributed by atoms with Gasteiger partial charge in [0.15, 0.2) is 0 Å². The number of nitrogens with zero attached hydrogens (tertiary/aromatic N) is 1. The lowest BCUT2D eigenvalue weighted by molar-refractivity contribution is 0.132. The topological polar surface area (TPSA) is 87.2 Å². The Bertz CT molecular complexity index is 596. The summed E-state index contributed by atoms with van der Waals surface area (Å²) in [4.78, 5) is 19.2. The van der Waals surface area contributed by atoms with E-state index in [-0.39, 0.29) is 25.2 Å². The number of aliphatic hydroxyl groups is 1. The summed E-state index contributed by atoms with van der Waals surface area (Å²) in [5.41, 5.74) is 1.47. The van der Waals surface area contributed by atoms with E-state index in [1.54, 1.807) is 6.20 Å². The standard InChI is InChI=1S/C16H21N3O3/c1-11(2)14(15-17-8-13(9-20)18-15)19-16(21)22-10-12-6-4-3-5-7-12/h3-8,11,14,20H,9-10H2,1-2H3,(H,17,18)(H,19,21)/t14-/m0/s1. The number of H-pyrrole nitrogens is 1. The summed E-state index contributed by atoms with van der Waals surface area (Å²) in [6.07, 6.45) is 1.13. The van der Waals surface area contributed by atoms with Gasteiger partial charge >= 0.3 is 6.09 Å². The molecular weight excluding hydrogens is 282 g/mol. The zero-order valence-electron chi connectivity index (χ0n) is 12.7. The van der Waals surface area contributed by atoms with Gasteiger partial charge in [0.25, 0.3) is 0 Å². The van der Waals surface area contributed by atoms with Crippen molar-refractivity contribution in [3.63, 3.8) is 0 Å². The van der Waals surface area contributed by atoms with Crippen LogP contribution in [0, 0.1) is 5.92 Å². The molecule has 1 heterocycles. The van der Waals surface area contributed by atoms with Gasteiger partial charge in [0.2, 0.25) is 0 Å². The number of aromatic nitrogens is 2. The molecule has 0 radical (unpaired) electrons. The van der Waals surface area contributed by atoms with Crippen LogP contribution in [-0.2, 0) is 18.0 Å². The molecule has 0 unspecified atom stereocenters. The quantitative estimate of drug-likeness (QED) is 0.765. The maximum absolute atomic E-state index is 12.0. The van der Waals surface area contributed by atoms with E-state index in [0.717, 1.165) is 5.56 Å². The molecule has 2 rings (SSSR count). The molecule has 0 saturated carbocycles. The first-order valence-corrected chi connectivity index (χ1v) is 7.22. The number of nitrogens with one attached hydrogen (secondary N) is 2. The Labute approximate surface area is 129 Å². The Balaban J connectivity index is 1.94. The summed E-state index contributed by atoms with van der Waals surface area (Å²) in [5, 5.41) is 11.9. The number of alkyl carbamates (subject to hydrolysis) is 1. The third-order valence-electron chi connectivity index (χ3n) is 3.26. The van der Waals surface area contributed by atoms with Crippen molar-refractivity contribution in [2.45, 2.75) is 33.1 Å². The lowest BCUT2D eigenvalue weighted by Gasteiger charge is -2.20. The molecule has 6 heteroatoms. The molecule has 0 aliphatic rings. The summed E-state index contributed by atoms with van der Waals surface area (Å²) in [6, 6.07) is 9.19. The summed E-state index contributed by atoms with van der Waals surface area (Å²) >= 11 is 0. The lowest BCUT2D eigenvalue weighted by atomic mass is 10.0. The van der Waals surface area contributed by atoms with Crippen molar-refractivity contribution in [3.8, 4) is 0 Å². The van der Waals surface area contributed by atoms with Crippen LogP contribution in [0.3, 0.4) is 0 Å². The summed E-state index contributed by atoms with van der Waals surface area (Å²) in [5.74, 6) is 0.734. The minimum absolute atomic E-state index is 0.127. The minimum Gasteiger partial charge on any atom is -0.445 e. The predicted molar refractivity (Wildman–Crippen MR) is 81.9 cm³/mol. The van der Waals surface area contributed by atoms with E-state index in [2.05, 4.69) is 15.3 Å². The monoisotopic (exact) mass is 303 g/mol. The molecule has 1 aromatic carbocycles. The van der Waals surface area contributed by atoms with E-state index < -0.39 is 6.09 Å². The molecule has 0 fully saturated rings. The number of carbonyl (C=O) groups is 1. The first kappa shape index (κ1) is 16.0. The van der Waals surface area contributed by atoms with Crippen LogP contribution in [0.2, 0.25) is 0 Å². The highest BCUT2D eigenvalue weighted by molar-refractivity contribution is 5.67. The largest absolute Gasteiger partial charge is 0.445 e. The molecule has 0 aliphatic carbocycles. The fraction of sp³-hybridized carbons (Fsp3) is 0.375. The molecule has 1 aromatic heterocycles. The smallest absolute Gasteiger partial charge is 0.408 e. The number of aliphatic hydroxyl groups excluding tert-OH is 1. The number of ether oxygens (including phenoxy) is 1. The number of hydrogen-bond acceptors (Lipinski definition) is 4. The Morgan fingerprint density at radius 1 is 1.36 bits per heavy atom. The molecule has 22 heavy (non-hydrogen) atoms. The second kappa shape index (κ2) is 7.61. The van der Waals surface area contributed by atoms with E-state index in [0.29, 0.717) is 11.5 Å². The van der Waals surface area contributed by atoms with E-state index in [1.807, 2.05) is 44.2 Å². The predicted octanol–water partition coefficient (Wildman–Crippen LogP) is 2.53. The van der Waals surface area contributed by atoms with E-state index in [4.69, 9.17) is 9.84 Å². The van der Waals surface area contributed by atoms with Crippen molar-refractivity contribution in [1.29, 1.82) is 0 Å². The van der Waals surface area contributed by atoms with Gasteiger partial charge in [0, 0.05) is 6.20 Å². The summed E-state index contributed by atoms with van der Waals surface area (Å²) in [6.45, 7) is 4.03. The molecule has 118 valence electrons. The fourth-order valence-electron chi connectivity index (χ4n) is 2.06. The second-order valence-corrected chi connectivity index (χ2v) is 5.36. The third-order valence-corrected chi connectivity index (χ3v) is 3.26. The molecule has 3 N–H and O–H groups in total. The van der Waals surface area contributed by atoms with Gasteiger partial charge < -0.3 is 20.1 Å². The van der Waals surface area contributed by atoms with Crippen LogP contribution < -0.4 is 5.32 Å². The van der Waals surface area contributed by atoms with Gasteiger partial charge in [-0.2, -0.15) is 0 Å². The number of hydrogen-bond donors (Lipinski definition) is 3. The highest BCUT2D eigenvalue weighted by atomic mass is 16.5. The van der Waals surface area contributed by atoms with Gasteiger partial charge in [-0.05, 0) is 11.5 Å². The zero-order valence-corrected chi connectivity index (χ0v) is 12.7. The zero-order chi connectivity index (χ0) is 15.9. The number of benzene rings is 1. The van der Waals surface area contributed by atoms with Crippen molar-refractivity contribution in [2.24, 2.45) is 5.92 Å². The summed E-state index contributed by atoms with van der Waals surface area (Å²) in [7, 11) is 0. The van der Waals surface area contributed by atoms with Crippen LogP contribution in [0.15, 0.2) is 36.5 Å². The number of imidazole rings is 1. The van der Waals surface area contributed by atoms with Crippen molar-refractivity contribution in [3.05, 3.63) is 53.6 Å². The molecule has 2 aromatic rings. The third kappa shape index (κ3) is 4.33. The molecule has 6 nitrogen and oxygen atoms in total. The van der Waals surface area contributed by atoms with Gasteiger partial charge in [0.05, 0.1) is 18.3 Å². The number of carbonyl (C=O) groups excluding carboxylic acids is 1. The average molecular weight is 303 g/mol. The number of rotatable bonds is 6. The van der Waals surface area contributed by atoms with Crippen LogP contribution in [0.4, 0.5) is 4.79 Å². The average Bonchev–Trinajstić information content (AvgIpc) is 3.00. The number of amides is 1. The van der Waals surface area contributed by atoms with Crippen molar-refractivity contribution in [1.82, 2.24) is 15.3 Å². The SMILES string of the molecule is CC(C)[C@H](NC(=O)OCc1ccccc1)c1nc(CO)c[nH]1. The second-order valence-electron chi connectivity index (χ2n) is 5.36. The summed E-state index contributed by atoms with van der Waals surface area (Å²) < 4.78 is 5.22. The highest BCUT2D eigenvalue weighted by Crippen LogP contribution is 2.19. The maximum atomic E-state index is 12.0. The van der Waals surface area contributed by atoms with Crippen molar-refractivity contribution in [2.75, 3.05) is 0 Å². The Kier molecular flexibility index (Phi) is 5.55. The van der Waals surface area contributed by atoms with Crippen molar-refractivity contribution >= 4 is 6.09 Å². The van der Waals surface area contributed by atoms with E-state index in [9.17, 15) is 4.79 Å².